The molecule has 1 N–H and O–H groups in total. The van der Waals surface area contributed by atoms with Gasteiger partial charge >= 0.3 is 0 Å². The van der Waals surface area contributed by atoms with Crippen LogP contribution in [0.3, 0.4) is 0 Å². The van der Waals surface area contributed by atoms with E-state index in [0.29, 0.717) is 6.61 Å². The minimum absolute atomic E-state index is 0.237. The van der Waals surface area contributed by atoms with E-state index in [2.05, 4.69) is 14.6 Å². The van der Waals surface area contributed by atoms with E-state index in [4.69, 9.17) is 9.57 Å². The molecule has 1 aliphatic heterocycles. The summed E-state index contributed by atoms with van der Waals surface area (Å²) in [6.45, 7) is 6.46. The van der Waals surface area contributed by atoms with Gasteiger partial charge in [-0.1, -0.05) is 0 Å². The second-order valence-electron chi connectivity index (χ2n) is 3.11. The molecule has 1 aliphatic rings. The fourth-order valence-corrected chi connectivity index (χ4v) is 1.20. The Kier molecular flexibility index (Phi) is 2.84. The van der Waals surface area contributed by atoms with Gasteiger partial charge in [-0.2, -0.15) is 0 Å². The van der Waals surface area contributed by atoms with Crippen LogP contribution >= 0.6 is 9.39 Å². The fourth-order valence-electron chi connectivity index (χ4n) is 0.896. The number of ether oxygens (including phenoxy) is 1. The molecule has 0 aliphatic carbocycles. The van der Waals surface area contributed by atoms with Crippen LogP contribution in [0.5, 0.6) is 0 Å². The lowest BCUT2D eigenvalue weighted by atomic mass is 10.3. The highest BCUT2D eigenvalue weighted by Crippen LogP contribution is 2.20. The molecule has 4 nitrogen and oxygen atoms in total. The highest BCUT2D eigenvalue weighted by Gasteiger charge is 2.32. The van der Waals surface area contributed by atoms with E-state index in [9.17, 15) is 0 Å². The lowest BCUT2D eigenvalue weighted by Gasteiger charge is -2.40. The molecule has 0 aromatic heterocycles. The maximum absolute atomic E-state index is 5.41. The zero-order chi connectivity index (χ0) is 8.48. The van der Waals surface area contributed by atoms with Gasteiger partial charge in [-0.3, -0.25) is 0 Å². The van der Waals surface area contributed by atoms with Crippen LogP contribution in [0.2, 0.25) is 0 Å². The van der Waals surface area contributed by atoms with E-state index in [1.54, 1.807) is 5.17 Å². The van der Waals surface area contributed by atoms with E-state index >= 15 is 0 Å². The molecule has 1 heterocycles. The summed E-state index contributed by atoms with van der Waals surface area (Å²) in [6.07, 6.45) is 0. The molecule has 1 saturated heterocycles. The van der Waals surface area contributed by atoms with Crippen LogP contribution < -0.4 is 5.20 Å². The van der Waals surface area contributed by atoms with Crippen molar-refractivity contribution in [2.45, 2.75) is 32.6 Å². The van der Waals surface area contributed by atoms with E-state index in [1.807, 2.05) is 20.8 Å². The minimum atomic E-state index is -0.518. The Labute approximate surface area is 69.4 Å². The third kappa shape index (κ3) is 2.36. The SMILES string of the molecule is C[C@H]1COC(C)(C)ON1NP. The van der Waals surface area contributed by atoms with E-state index < -0.39 is 5.79 Å². The van der Waals surface area contributed by atoms with Gasteiger partial charge in [0.1, 0.15) is 0 Å². The fraction of sp³-hybridized carbons (Fsp3) is 1.00. The van der Waals surface area contributed by atoms with Gasteiger partial charge in [0.15, 0.2) is 5.79 Å². The maximum atomic E-state index is 5.41. The third-order valence-corrected chi connectivity index (χ3v) is 1.77. The molecule has 1 fully saturated rings. The Balaban J connectivity index is 2.51. The van der Waals surface area contributed by atoms with Gasteiger partial charge in [-0.25, -0.2) is 10.0 Å². The first kappa shape index (κ1) is 9.36. The molecular weight excluding hydrogens is 163 g/mol. The zero-order valence-electron chi connectivity index (χ0n) is 7.13. The molecule has 2 atom stereocenters. The molecule has 0 radical (unpaired) electrons. The van der Waals surface area contributed by atoms with Crippen molar-refractivity contribution in [1.82, 2.24) is 10.4 Å². The van der Waals surface area contributed by atoms with Crippen molar-refractivity contribution >= 4 is 9.39 Å². The number of nitrogens with one attached hydrogen (secondary N) is 1. The van der Waals surface area contributed by atoms with Crippen LogP contribution in [0.15, 0.2) is 0 Å². The Bertz CT molecular complexity index is 143. The molecule has 66 valence electrons. The van der Waals surface area contributed by atoms with E-state index in [0.717, 1.165) is 0 Å². The Morgan fingerprint density at radius 1 is 1.64 bits per heavy atom. The van der Waals surface area contributed by atoms with Crippen LogP contribution in [0, 0.1) is 0 Å². The lowest BCUT2D eigenvalue weighted by molar-refractivity contribution is -0.392. The smallest absolute Gasteiger partial charge is 0.183 e. The third-order valence-electron chi connectivity index (χ3n) is 1.52. The predicted molar refractivity (Wildman–Crippen MR) is 45.3 cm³/mol. The van der Waals surface area contributed by atoms with Crippen LogP contribution in [-0.2, 0) is 9.57 Å². The van der Waals surface area contributed by atoms with Crippen LogP contribution in [-0.4, -0.2) is 23.6 Å². The van der Waals surface area contributed by atoms with Crippen LogP contribution in [0.25, 0.3) is 0 Å². The van der Waals surface area contributed by atoms with Gasteiger partial charge in [0.2, 0.25) is 0 Å². The summed E-state index contributed by atoms with van der Waals surface area (Å²) in [5.41, 5.74) is 0. The molecular formula is C6H15N2O2P. The average Bonchev–Trinajstić information content (AvgIpc) is 1.94. The zero-order valence-corrected chi connectivity index (χ0v) is 8.28. The Morgan fingerprint density at radius 2 is 2.27 bits per heavy atom. The van der Waals surface area contributed by atoms with Crippen LogP contribution in [0.1, 0.15) is 20.8 Å². The molecule has 0 saturated carbocycles. The monoisotopic (exact) mass is 178 g/mol. The Morgan fingerprint density at radius 3 is 2.73 bits per heavy atom. The number of hydrazine groups is 1. The van der Waals surface area contributed by atoms with Gasteiger partial charge < -0.3 is 4.74 Å². The molecule has 11 heavy (non-hydrogen) atoms. The normalized spacial score (nSPS) is 32.2. The van der Waals surface area contributed by atoms with Crippen molar-refractivity contribution in [3.63, 3.8) is 0 Å². The van der Waals surface area contributed by atoms with Crippen molar-refractivity contribution < 1.29 is 9.57 Å². The summed E-state index contributed by atoms with van der Waals surface area (Å²) in [6, 6.07) is 0.237. The summed E-state index contributed by atoms with van der Waals surface area (Å²) in [7, 11) is 2.39. The van der Waals surface area contributed by atoms with Crippen molar-refractivity contribution in [3.8, 4) is 0 Å². The van der Waals surface area contributed by atoms with E-state index in [1.165, 1.54) is 0 Å². The molecule has 0 bridgehead atoms. The predicted octanol–water partition coefficient (Wildman–Crippen LogP) is 0.669. The summed E-state index contributed by atoms with van der Waals surface area (Å²) in [5.74, 6) is -0.518. The molecule has 1 rings (SSSR count). The van der Waals surface area contributed by atoms with Crippen molar-refractivity contribution in [2.24, 2.45) is 0 Å². The first-order valence-corrected chi connectivity index (χ1v) is 4.21. The molecule has 0 aromatic carbocycles. The number of hydrogen-bond acceptors (Lipinski definition) is 4. The first-order chi connectivity index (χ1) is 5.05. The van der Waals surface area contributed by atoms with Gasteiger partial charge in [0, 0.05) is 0 Å². The van der Waals surface area contributed by atoms with Crippen molar-refractivity contribution in [1.29, 1.82) is 0 Å². The molecule has 5 heteroatoms. The topological polar surface area (TPSA) is 33.7 Å². The van der Waals surface area contributed by atoms with Crippen LogP contribution in [0.4, 0.5) is 0 Å². The second kappa shape index (κ2) is 3.33. The lowest BCUT2D eigenvalue weighted by Crippen LogP contribution is -2.53. The number of nitrogens with zero attached hydrogens (tertiary/aromatic N) is 1. The molecule has 1 unspecified atom stereocenters. The summed E-state index contributed by atoms with van der Waals surface area (Å²) in [4.78, 5) is 5.41. The Hall–Kier alpha value is 0.270. The average molecular weight is 178 g/mol. The van der Waals surface area contributed by atoms with Gasteiger partial charge in [-0.05, 0) is 30.2 Å². The van der Waals surface area contributed by atoms with Crippen molar-refractivity contribution in [2.75, 3.05) is 6.61 Å². The molecule has 0 aromatic rings. The highest BCUT2D eigenvalue weighted by atomic mass is 31.0. The quantitative estimate of drug-likeness (QED) is 0.598. The first-order valence-electron chi connectivity index (χ1n) is 3.64. The number of hydroxylamine groups is 1. The van der Waals surface area contributed by atoms with Crippen molar-refractivity contribution in [3.05, 3.63) is 0 Å². The highest BCUT2D eigenvalue weighted by molar-refractivity contribution is 7.13. The van der Waals surface area contributed by atoms with E-state index in [-0.39, 0.29) is 6.04 Å². The van der Waals surface area contributed by atoms with Gasteiger partial charge in [0.05, 0.1) is 12.6 Å². The maximum Gasteiger partial charge on any atom is 0.183 e. The number of rotatable bonds is 1. The largest absolute Gasteiger partial charge is 0.347 e. The standard InChI is InChI=1S/C6H15N2O2P/c1-5-4-9-6(2,3)10-8(5)7-11/h5,7H,4,11H2,1-3H3/t5-/m0/s1. The van der Waals surface area contributed by atoms with Gasteiger partial charge in [-0.15, -0.1) is 5.17 Å². The summed E-state index contributed by atoms with van der Waals surface area (Å²) < 4.78 is 5.40. The van der Waals surface area contributed by atoms with Gasteiger partial charge in [0.25, 0.3) is 0 Å². The summed E-state index contributed by atoms with van der Waals surface area (Å²) >= 11 is 0. The molecule has 0 spiro atoms. The number of hydrogen-bond donors (Lipinski definition) is 1. The minimum Gasteiger partial charge on any atom is -0.347 e. The second-order valence-corrected chi connectivity index (χ2v) is 3.36. The summed E-state index contributed by atoms with van der Waals surface area (Å²) in [5, 5.41) is 4.53. The molecule has 0 amide bonds.